The average molecular weight is 379 g/mol. The summed E-state index contributed by atoms with van der Waals surface area (Å²) in [6, 6.07) is 10.8. The van der Waals surface area contributed by atoms with Gasteiger partial charge in [0.15, 0.2) is 5.96 Å². The van der Waals surface area contributed by atoms with Crippen LogP contribution < -0.4 is 16.0 Å². The molecule has 0 saturated heterocycles. The van der Waals surface area contributed by atoms with Crippen LogP contribution in [0.2, 0.25) is 0 Å². The molecule has 27 heavy (non-hydrogen) atoms. The lowest BCUT2D eigenvalue weighted by atomic mass is 10.1. The molecule has 2 rings (SSSR count). The lowest BCUT2D eigenvalue weighted by Gasteiger charge is -2.13. The Morgan fingerprint density at radius 3 is 2.37 bits per heavy atom. The molecule has 146 valence electrons. The number of anilines is 1. The molecule has 0 fully saturated rings. The summed E-state index contributed by atoms with van der Waals surface area (Å²) >= 11 is 0. The SMILES string of the molecule is CN=C(NCCCCNc1ccccn1)NCc1ccc(C(F)(F)F)cc1. The number of guanidine groups is 1. The third-order valence-corrected chi connectivity index (χ3v) is 3.83. The van der Waals surface area contributed by atoms with Gasteiger partial charge in [0.2, 0.25) is 0 Å². The second kappa shape index (κ2) is 10.4. The summed E-state index contributed by atoms with van der Waals surface area (Å²) in [4.78, 5) is 8.31. The van der Waals surface area contributed by atoms with Gasteiger partial charge in [0, 0.05) is 32.9 Å². The summed E-state index contributed by atoms with van der Waals surface area (Å²) < 4.78 is 37.7. The van der Waals surface area contributed by atoms with Gasteiger partial charge in [0.1, 0.15) is 5.82 Å². The average Bonchev–Trinajstić information content (AvgIpc) is 2.67. The van der Waals surface area contributed by atoms with Crippen molar-refractivity contribution in [1.29, 1.82) is 0 Å². The molecule has 2 aromatic rings. The van der Waals surface area contributed by atoms with Crippen molar-refractivity contribution in [3.63, 3.8) is 0 Å². The molecule has 0 bridgehead atoms. The zero-order valence-electron chi connectivity index (χ0n) is 15.2. The van der Waals surface area contributed by atoms with Crippen molar-refractivity contribution in [3.8, 4) is 0 Å². The monoisotopic (exact) mass is 379 g/mol. The molecule has 0 spiro atoms. The summed E-state index contributed by atoms with van der Waals surface area (Å²) in [5, 5.41) is 9.53. The fourth-order valence-electron chi connectivity index (χ4n) is 2.36. The second-order valence-electron chi connectivity index (χ2n) is 5.90. The van der Waals surface area contributed by atoms with Gasteiger partial charge in [-0.3, -0.25) is 4.99 Å². The van der Waals surface area contributed by atoms with E-state index in [9.17, 15) is 13.2 Å². The van der Waals surface area contributed by atoms with Crippen molar-refractivity contribution in [2.45, 2.75) is 25.6 Å². The van der Waals surface area contributed by atoms with Crippen LogP contribution in [-0.2, 0) is 12.7 Å². The predicted octanol–water partition coefficient (Wildman–Crippen LogP) is 3.66. The standard InChI is InChI=1S/C19H24F3N5/c1-23-18(26-13-5-4-12-25-17-6-2-3-11-24-17)27-14-15-7-9-16(10-8-15)19(20,21)22/h2-3,6-11H,4-5,12-14H2,1H3,(H,24,25)(H2,23,26,27). The van der Waals surface area contributed by atoms with Crippen molar-refractivity contribution in [3.05, 3.63) is 59.8 Å². The smallest absolute Gasteiger partial charge is 0.370 e. The number of nitrogens with one attached hydrogen (secondary N) is 3. The molecular weight excluding hydrogens is 355 g/mol. The molecule has 0 unspecified atom stereocenters. The zero-order valence-corrected chi connectivity index (χ0v) is 15.2. The summed E-state index contributed by atoms with van der Waals surface area (Å²) in [5.41, 5.74) is 0.110. The van der Waals surface area contributed by atoms with Gasteiger partial charge in [-0.15, -0.1) is 0 Å². The van der Waals surface area contributed by atoms with Crippen molar-refractivity contribution < 1.29 is 13.2 Å². The molecule has 1 aromatic carbocycles. The number of aliphatic imine (C=N–C) groups is 1. The maximum absolute atomic E-state index is 12.6. The summed E-state index contributed by atoms with van der Waals surface area (Å²) in [6.07, 6.45) is -0.647. The van der Waals surface area contributed by atoms with Crippen molar-refractivity contribution in [2.24, 2.45) is 4.99 Å². The van der Waals surface area contributed by atoms with Crippen molar-refractivity contribution in [2.75, 3.05) is 25.5 Å². The fourth-order valence-corrected chi connectivity index (χ4v) is 2.36. The topological polar surface area (TPSA) is 61.3 Å². The van der Waals surface area contributed by atoms with Crippen molar-refractivity contribution >= 4 is 11.8 Å². The number of hydrogen-bond acceptors (Lipinski definition) is 3. The molecule has 1 heterocycles. The highest BCUT2D eigenvalue weighted by atomic mass is 19.4. The molecule has 0 amide bonds. The van der Waals surface area contributed by atoms with Crippen LogP contribution in [0.3, 0.4) is 0 Å². The number of pyridine rings is 1. The number of nitrogens with zero attached hydrogens (tertiary/aromatic N) is 2. The van der Waals surface area contributed by atoms with Crippen LogP contribution in [0.1, 0.15) is 24.0 Å². The first-order valence-electron chi connectivity index (χ1n) is 8.74. The van der Waals surface area contributed by atoms with E-state index in [-0.39, 0.29) is 0 Å². The van der Waals surface area contributed by atoms with Gasteiger partial charge in [-0.25, -0.2) is 4.98 Å². The van der Waals surface area contributed by atoms with Crippen LogP contribution in [0.25, 0.3) is 0 Å². The molecular formula is C19H24F3N5. The first-order chi connectivity index (χ1) is 13.0. The fraction of sp³-hybridized carbons (Fsp3) is 0.368. The maximum atomic E-state index is 12.6. The molecule has 1 aromatic heterocycles. The lowest BCUT2D eigenvalue weighted by molar-refractivity contribution is -0.137. The van der Waals surface area contributed by atoms with Crippen LogP contribution in [0.4, 0.5) is 19.0 Å². The van der Waals surface area contributed by atoms with Crippen LogP contribution in [0.15, 0.2) is 53.7 Å². The lowest BCUT2D eigenvalue weighted by Crippen LogP contribution is -2.37. The van der Waals surface area contributed by atoms with Gasteiger partial charge in [-0.2, -0.15) is 13.2 Å². The molecule has 8 heteroatoms. The molecule has 0 aliphatic heterocycles. The number of hydrogen-bond donors (Lipinski definition) is 3. The Kier molecular flexibility index (Phi) is 7.91. The van der Waals surface area contributed by atoms with Gasteiger partial charge in [-0.05, 0) is 42.7 Å². The quantitative estimate of drug-likeness (QED) is 0.372. The van der Waals surface area contributed by atoms with Crippen LogP contribution in [-0.4, -0.2) is 31.1 Å². The predicted molar refractivity (Wildman–Crippen MR) is 102 cm³/mol. The number of unbranched alkanes of at least 4 members (excludes halogenated alkanes) is 1. The molecule has 5 nitrogen and oxygen atoms in total. The van der Waals surface area contributed by atoms with Crippen LogP contribution in [0.5, 0.6) is 0 Å². The maximum Gasteiger partial charge on any atom is 0.416 e. The van der Waals surface area contributed by atoms with Crippen LogP contribution >= 0.6 is 0 Å². The Morgan fingerprint density at radius 1 is 1.00 bits per heavy atom. The van der Waals surface area contributed by atoms with Crippen LogP contribution in [0, 0.1) is 0 Å². The summed E-state index contributed by atoms with van der Waals surface area (Å²) in [7, 11) is 1.66. The van der Waals surface area contributed by atoms with E-state index in [0.29, 0.717) is 12.5 Å². The zero-order chi connectivity index (χ0) is 19.5. The minimum Gasteiger partial charge on any atom is -0.370 e. The molecule has 0 atom stereocenters. The van der Waals surface area contributed by atoms with Crippen molar-refractivity contribution in [1.82, 2.24) is 15.6 Å². The van der Waals surface area contributed by atoms with Gasteiger partial charge in [0.25, 0.3) is 0 Å². The number of aromatic nitrogens is 1. The molecule has 0 saturated carbocycles. The largest absolute Gasteiger partial charge is 0.416 e. The van der Waals surface area contributed by atoms with E-state index in [1.807, 2.05) is 18.2 Å². The minimum absolute atomic E-state index is 0.402. The van der Waals surface area contributed by atoms with Gasteiger partial charge < -0.3 is 16.0 Å². The van der Waals surface area contributed by atoms with E-state index in [4.69, 9.17) is 0 Å². The molecule has 0 radical (unpaired) electrons. The Hall–Kier alpha value is -2.77. The van der Waals surface area contributed by atoms with E-state index in [2.05, 4.69) is 25.9 Å². The highest BCUT2D eigenvalue weighted by Crippen LogP contribution is 2.28. The second-order valence-corrected chi connectivity index (χ2v) is 5.90. The third-order valence-electron chi connectivity index (χ3n) is 3.83. The minimum atomic E-state index is -4.31. The number of halogens is 3. The Morgan fingerprint density at radius 2 is 1.74 bits per heavy atom. The first kappa shape index (κ1) is 20.5. The normalized spacial score (nSPS) is 11.9. The first-order valence-corrected chi connectivity index (χ1v) is 8.74. The molecule has 0 aliphatic carbocycles. The number of alkyl halides is 3. The number of rotatable bonds is 8. The molecule has 0 aliphatic rings. The van der Waals surface area contributed by atoms with Gasteiger partial charge in [0.05, 0.1) is 5.56 Å². The van der Waals surface area contributed by atoms with E-state index in [0.717, 1.165) is 49.4 Å². The van der Waals surface area contributed by atoms with E-state index in [1.54, 1.807) is 13.2 Å². The summed E-state index contributed by atoms with van der Waals surface area (Å²) in [5.74, 6) is 1.48. The Balaban J connectivity index is 1.63. The third kappa shape index (κ3) is 7.55. The van der Waals surface area contributed by atoms with Gasteiger partial charge >= 0.3 is 6.18 Å². The van der Waals surface area contributed by atoms with E-state index < -0.39 is 11.7 Å². The van der Waals surface area contributed by atoms with Gasteiger partial charge in [-0.1, -0.05) is 18.2 Å². The summed E-state index contributed by atoms with van der Waals surface area (Å²) in [6.45, 7) is 1.98. The Labute approximate surface area is 157 Å². The highest BCUT2D eigenvalue weighted by molar-refractivity contribution is 5.79. The molecule has 3 N–H and O–H groups in total. The van der Waals surface area contributed by atoms with E-state index in [1.165, 1.54) is 12.1 Å². The number of benzene rings is 1. The van der Waals surface area contributed by atoms with E-state index >= 15 is 0 Å². The Bertz CT molecular complexity index is 700. The highest BCUT2D eigenvalue weighted by Gasteiger charge is 2.29.